The number of benzene rings is 1. The van der Waals surface area contributed by atoms with Gasteiger partial charge in [0.25, 0.3) is 11.5 Å². The zero-order chi connectivity index (χ0) is 18.0. The largest absolute Gasteiger partial charge is 0.340 e. The zero-order valence-electron chi connectivity index (χ0n) is 13.7. The molecule has 0 spiro atoms. The van der Waals surface area contributed by atoms with Crippen LogP contribution in [0.25, 0.3) is 0 Å². The molecule has 0 bridgehead atoms. The molecule has 1 aromatic heterocycles. The van der Waals surface area contributed by atoms with Crippen LogP contribution in [0.3, 0.4) is 0 Å². The Balaban J connectivity index is 1.77. The first-order chi connectivity index (χ1) is 12.0. The van der Waals surface area contributed by atoms with Crippen molar-refractivity contribution in [2.24, 2.45) is 7.05 Å². The lowest BCUT2D eigenvalue weighted by atomic mass is 10.0. The van der Waals surface area contributed by atoms with Crippen molar-refractivity contribution >= 4 is 17.5 Å². The van der Waals surface area contributed by atoms with Gasteiger partial charge in [-0.15, -0.1) is 0 Å². The molecule has 3 rings (SSSR count). The summed E-state index contributed by atoms with van der Waals surface area (Å²) < 4.78 is 15.3. The predicted molar refractivity (Wildman–Crippen MR) is 90.9 cm³/mol. The Morgan fingerprint density at radius 1 is 1.24 bits per heavy atom. The normalized spacial score (nSPS) is 17.4. The third-order valence-electron chi connectivity index (χ3n) is 4.25. The Kier molecular flexibility index (Phi) is 4.65. The van der Waals surface area contributed by atoms with E-state index in [4.69, 9.17) is 0 Å². The van der Waals surface area contributed by atoms with Gasteiger partial charge in [0.2, 0.25) is 5.91 Å². The maximum Gasteiger partial charge on any atom is 0.252 e. The van der Waals surface area contributed by atoms with Crippen molar-refractivity contribution in [3.63, 3.8) is 0 Å². The first-order valence-corrected chi connectivity index (χ1v) is 8.01. The van der Waals surface area contributed by atoms with Crippen molar-refractivity contribution in [1.29, 1.82) is 0 Å². The van der Waals surface area contributed by atoms with Gasteiger partial charge in [0.15, 0.2) is 0 Å². The molecule has 1 N–H and O–H groups in total. The number of hydrogen-bond acceptors (Lipinski definition) is 3. The fourth-order valence-electron chi connectivity index (χ4n) is 2.85. The molecule has 0 radical (unpaired) electrons. The highest BCUT2D eigenvalue weighted by molar-refractivity contribution is 6.02. The number of rotatable bonds is 3. The number of amides is 2. The molecule has 1 aliphatic heterocycles. The van der Waals surface area contributed by atoms with E-state index in [1.165, 1.54) is 33.9 Å². The average Bonchev–Trinajstić information content (AvgIpc) is 2.60. The Morgan fingerprint density at radius 3 is 2.72 bits per heavy atom. The van der Waals surface area contributed by atoms with Crippen molar-refractivity contribution in [2.45, 2.75) is 18.9 Å². The number of aryl methyl sites for hydroxylation is 1. The summed E-state index contributed by atoms with van der Waals surface area (Å²) >= 11 is 0. The molecule has 6 nitrogen and oxygen atoms in total. The topological polar surface area (TPSA) is 71.4 Å². The van der Waals surface area contributed by atoms with Crippen LogP contribution in [0.1, 0.15) is 23.2 Å². The van der Waals surface area contributed by atoms with Crippen LogP contribution in [0, 0.1) is 5.82 Å². The maximum absolute atomic E-state index is 14.0. The fraction of sp³-hybridized carbons (Fsp3) is 0.278. The van der Waals surface area contributed by atoms with E-state index in [0.29, 0.717) is 19.4 Å². The van der Waals surface area contributed by atoms with Crippen LogP contribution in [-0.4, -0.2) is 29.0 Å². The summed E-state index contributed by atoms with van der Waals surface area (Å²) in [4.78, 5) is 38.0. The van der Waals surface area contributed by atoms with E-state index >= 15 is 0 Å². The number of pyridine rings is 1. The molecular weight excluding hydrogens is 325 g/mol. The van der Waals surface area contributed by atoms with Crippen LogP contribution in [-0.2, 0) is 11.8 Å². The lowest BCUT2D eigenvalue weighted by molar-refractivity contribution is -0.121. The minimum Gasteiger partial charge on any atom is -0.340 e. The molecule has 7 heteroatoms. The van der Waals surface area contributed by atoms with Gasteiger partial charge in [0.05, 0.1) is 5.69 Å². The van der Waals surface area contributed by atoms with Gasteiger partial charge < -0.3 is 14.8 Å². The molecule has 1 unspecified atom stereocenters. The summed E-state index contributed by atoms with van der Waals surface area (Å²) in [6.07, 6.45) is 2.60. The smallest absolute Gasteiger partial charge is 0.252 e. The monoisotopic (exact) mass is 343 g/mol. The molecule has 1 atom stereocenters. The van der Waals surface area contributed by atoms with Gasteiger partial charge in [0, 0.05) is 31.4 Å². The van der Waals surface area contributed by atoms with Gasteiger partial charge in [-0.25, -0.2) is 4.39 Å². The molecule has 2 heterocycles. The molecular formula is C18H18FN3O3. The van der Waals surface area contributed by atoms with Gasteiger partial charge in [-0.1, -0.05) is 12.1 Å². The van der Waals surface area contributed by atoms with E-state index in [0.717, 1.165) is 0 Å². The van der Waals surface area contributed by atoms with Crippen LogP contribution in [0.15, 0.2) is 47.4 Å². The molecule has 130 valence electrons. The fourth-order valence-corrected chi connectivity index (χ4v) is 2.85. The SMILES string of the molecule is Cn1ccc(C(=O)NC2CCCN(c3ccccc3F)C2=O)cc1=O. The molecule has 1 aliphatic rings. The Labute approximate surface area is 143 Å². The number of piperidine rings is 1. The van der Waals surface area contributed by atoms with Crippen molar-refractivity contribution in [2.75, 3.05) is 11.4 Å². The van der Waals surface area contributed by atoms with E-state index in [1.807, 2.05) is 0 Å². The van der Waals surface area contributed by atoms with E-state index in [1.54, 1.807) is 25.2 Å². The summed E-state index contributed by atoms with van der Waals surface area (Å²) in [7, 11) is 1.58. The molecule has 1 aromatic carbocycles. The number of halogens is 1. The average molecular weight is 343 g/mol. The van der Waals surface area contributed by atoms with Crippen LogP contribution >= 0.6 is 0 Å². The predicted octanol–water partition coefficient (Wildman–Crippen LogP) is 1.45. The number of carbonyl (C=O) groups excluding carboxylic acids is 2. The number of nitrogens with one attached hydrogen (secondary N) is 1. The molecule has 2 amide bonds. The van der Waals surface area contributed by atoms with E-state index in [-0.39, 0.29) is 22.7 Å². The highest BCUT2D eigenvalue weighted by Gasteiger charge is 2.32. The third kappa shape index (κ3) is 3.45. The van der Waals surface area contributed by atoms with Gasteiger partial charge in [-0.3, -0.25) is 14.4 Å². The molecule has 0 aliphatic carbocycles. The Hall–Kier alpha value is -2.96. The van der Waals surface area contributed by atoms with Crippen LogP contribution in [0.5, 0.6) is 0 Å². The lowest BCUT2D eigenvalue weighted by Gasteiger charge is -2.32. The molecule has 25 heavy (non-hydrogen) atoms. The van der Waals surface area contributed by atoms with E-state index < -0.39 is 17.8 Å². The highest BCUT2D eigenvalue weighted by Crippen LogP contribution is 2.24. The summed E-state index contributed by atoms with van der Waals surface area (Å²) in [5, 5.41) is 2.65. The lowest BCUT2D eigenvalue weighted by Crippen LogP contribution is -2.52. The number of carbonyl (C=O) groups is 2. The summed E-state index contributed by atoms with van der Waals surface area (Å²) in [5.41, 5.74) is 0.0922. The molecule has 2 aromatic rings. The van der Waals surface area contributed by atoms with E-state index in [9.17, 15) is 18.8 Å². The molecule has 0 saturated carbocycles. The second-order valence-electron chi connectivity index (χ2n) is 5.97. The van der Waals surface area contributed by atoms with Crippen LogP contribution in [0.2, 0.25) is 0 Å². The number of nitrogens with zero attached hydrogens (tertiary/aromatic N) is 2. The van der Waals surface area contributed by atoms with Crippen molar-refractivity contribution in [3.8, 4) is 0 Å². The standard InChI is InChI=1S/C18H18FN3O3/c1-21-10-8-12(11-16(21)23)17(24)20-14-6-4-9-22(18(14)25)15-7-3-2-5-13(15)19/h2-3,5,7-8,10-11,14H,4,6,9H2,1H3,(H,20,24). The number of para-hydroxylation sites is 1. The van der Waals surface area contributed by atoms with Crippen LogP contribution < -0.4 is 15.8 Å². The molecule has 1 fully saturated rings. The van der Waals surface area contributed by atoms with E-state index in [2.05, 4.69) is 5.32 Å². The maximum atomic E-state index is 14.0. The summed E-state index contributed by atoms with van der Waals surface area (Å²) in [5.74, 6) is -1.32. The number of aromatic nitrogens is 1. The minimum atomic E-state index is -0.745. The van der Waals surface area contributed by atoms with Crippen molar-refractivity contribution in [1.82, 2.24) is 9.88 Å². The summed E-state index contributed by atoms with van der Waals surface area (Å²) in [6, 6.07) is 8.04. The van der Waals surface area contributed by atoms with Gasteiger partial charge in [-0.05, 0) is 31.0 Å². The van der Waals surface area contributed by atoms with Gasteiger partial charge in [0.1, 0.15) is 11.9 Å². The quantitative estimate of drug-likeness (QED) is 0.917. The second-order valence-corrected chi connectivity index (χ2v) is 5.97. The van der Waals surface area contributed by atoms with Crippen LogP contribution in [0.4, 0.5) is 10.1 Å². The Bertz CT molecular complexity index is 878. The third-order valence-corrected chi connectivity index (χ3v) is 4.25. The minimum absolute atomic E-state index is 0.193. The second kappa shape index (κ2) is 6.88. The first-order valence-electron chi connectivity index (χ1n) is 8.01. The number of hydrogen-bond donors (Lipinski definition) is 1. The Morgan fingerprint density at radius 2 is 2.00 bits per heavy atom. The zero-order valence-corrected chi connectivity index (χ0v) is 13.7. The number of anilines is 1. The highest BCUT2D eigenvalue weighted by atomic mass is 19.1. The summed E-state index contributed by atoms with van der Waals surface area (Å²) in [6.45, 7) is 0.401. The van der Waals surface area contributed by atoms with Crippen molar-refractivity contribution in [3.05, 3.63) is 64.3 Å². The van der Waals surface area contributed by atoms with Gasteiger partial charge in [-0.2, -0.15) is 0 Å². The molecule has 1 saturated heterocycles. The first kappa shape index (κ1) is 16.9. The van der Waals surface area contributed by atoms with Gasteiger partial charge >= 0.3 is 0 Å². The van der Waals surface area contributed by atoms with Crippen molar-refractivity contribution < 1.29 is 14.0 Å².